The molecule has 1 saturated heterocycles. The van der Waals surface area contributed by atoms with Crippen molar-refractivity contribution in [3.63, 3.8) is 0 Å². The standard InChI is InChI=1S/C16H22N2O4/c1-4-22-15(20)17-13-7-5-6-12(10-13)14(19)18-8-9-21-11-16(18,2)3/h5-7,10H,4,8-9,11H2,1-3H3,(H,17,20). The summed E-state index contributed by atoms with van der Waals surface area (Å²) in [5.41, 5.74) is 0.722. The summed E-state index contributed by atoms with van der Waals surface area (Å²) in [7, 11) is 0. The maximum absolute atomic E-state index is 12.7. The molecule has 120 valence electrons. The topological polar surface area (TPSA) is 67.9 Å². The number of rotatable bonds is 3. The average molecular weight is 306 g/mol. The second-order valence-electron chi connectivity index (χ2n) is 5.75. The van der Waals surface area contributed by atoms with E-state index >= 15 is 0 Å². The molecular weight excluding hydrogens is 284 g/mol. The van der Waals surface area contributed by atoms with Crippen LogP contribution in [0.2, 0.25) is 0 Å². The minimum atomic E-state index is -0.529. The molecule has 1 heterocycles. The number of ether oxygens (including phenoxy) is 2. The number of hydrogen-bond donors (Lipinski definition) is 1. The molecule has 6 heteroatoms. The van der Waals surface area contributed by atoms with Crippen LogP contribution in [0.4, 0.5) is 10.5 Å². The lowest BCUT2D eigenvalue weighted by atomic mass is 10.0. The summed E-state index contributed by atoms with van der Waals surface area (Å²) in [4.78, 5) is 26.0. The van der Waals surface area contributed by atoms with Crippen LogP contribution in [0.15, 0.2) is 24.3 Å². The number of anilines is 1. The van der Waals surface area contributed by atoms with Crippen LogP contribution < -0.4 is 5.32 Å². The van der Waals surface area contributed by atoms with Crippen LogP contribution in [0.3, 0.4) is 0 Å². The van der Waals surface area contributed by atoms with E-state index in [1.54, 1.807) is 36.1 Å². The normalized spacial score (nSPS) is 17.0. The van der Waals surface area contributed by atoms with Gasteiger partial charge >= 0.3 is 6.09 Å². The number of carbonyl (C=O) groups excluding carboxylic acids is 2. The van der Waals surface area contributed by atoms with Crippen LogP contribution in [-0.4, -0.2) is 48.8 Å². The van der Waals surface area contributed by atoms with Crippen molar-refractivity contribution >= 4 is 17.7 Å². The lowest BCUT2D eigenvalue weighted by molar-refractivity contribution is -0.0370. The molecule has 0 aliphatic carbocycles. The molecule has 2 amide bonds. The van der Waals surface area contributed by atoms with Gasteiger partial charge in [0.25, 0.3) is 5.91 Å². The number of benzene rings is 1. The van der Waals surface area contributed by atoms with E-state index in [1.807, 2.05) is 13.8 Å². The first kappa shape index (κ1) is 16.3. The zero-order valence-corrected chi connectivity index (χ0v) is 13.2. The Morgan fingerprint density at radius 2 is 2.18 bits per heavy atom. The molecule has 6 nitrogen and oxygen atoms in total. The summed E-state index contributed by atoms with van der Waals surface area (Å²) in [6.07, 6.45) is -0.529. The van der Waals surface area contributed by atoms with Crippen molar-refractivity contribution in [3.05, 3.63) is 29.8 Å². The van der Waals surface area contributed by atoms with Gasteiger partial charge in [-0.15, -0.1) is 0 Å². The van der Waals surface area contributed by atoms with Gasteiger partial charge in [-0.25, -0.2) is 4.79 Å². The van der Waals surface area contributed by atoms with Gasteiger partial charge in [-0.1, -0.05) is 6.07 Å². The SMILES string of the molecule is CCOC(=O)Nc1cccc(C(=O)N2CCOCC2(C)C)c1. The van der Waals surface area contributed by atoms with Crippen LogP contribution in [0.25, 0.3) is 0 Å². The first-order valence-electron chi connectivity index (χ1n) is 7.37. The highest BCUT2D eigenvalue weighted by atomic mass is 16.5. The molecule has 1 aliphatic heterocycles. The highest BCUT2D eigenvalue weighted by Gasteiger charge is 2.34. The third-order valence-corrected chi connectivity index (χ3v) is 3.52. The molecule has 1 fully saturated rings. The summed E-state index contributed by atoms with van der Waals surface area (Å²) in [5, 5.41) is 2.61. The largest absolute Gasteiger partial charge is 0.450 e. The van der Waals surface area contributed by atoms with E-state index in [9.17, 15) is 9.59 Å². The maximum atomic E-state index is 12.7. The molecule has 0 radical (unpaired) electrons. The third-order valence-electron chi connectivity index (χ3n) is 3.52. The van der Waals surface area contributed by atoms with E-state index in [0.29, 0.717) is 37.6 Å². The van der Waals surface area contributed by atoms with Crippen LogP contribution in [0.1, 0.15) is 31.1 Å². The summed E-state index contributed by atoms with van der Waals surface area (Å²) in [5.74, 6) is -0.0687. The Morgan fingerprint density at radius 1 is 1.41 bits per heavy atom. The van der Waals surface area contributed by atoms with Gasteiger partial charge in [0.1, 0.15) is 0 Å². The first-order valence-corrected chi connectivity index (χ1v) is 7.37. The predicted molar refractivity (Wildman–Crippen MR) is 83.0 cm³/mol. The van der Waals surface area contributed by atoms with Gasteiger partial charge in [0, 0.05) is 17.8 Å². The molecule has 2 rings (SSSR count). The van der Waals surface area contributed by atoms with Gasteiger partial charge in [-0.2, -0.15) is 0 Å². The summed E-state index contributed by atoms with van der Waals surface area (Å²) >= 11 is 0. The molecule has 0 saturated carbocycles. The quantitative estimate of drug-likeness (QED) is 0.931. The Bertz CT molecular complexity index is 557. The van der Waals surface area contributed by atoms with Gasteiger partial charge in [0.05, 0.1) is 25.4 Å². The molecule has 0 aromatic heterocycles. The zero-order valence-electron chi connectivity index (χ0n) is 13.2. The van der Waals surface area contributed by atoms with Crippen molar-refractivity contribution < 1.29 is 19.1 Å². The van der Waals surface area contributed by atoms with E-state index < -0.39 is 6.09 Å². The van der Waals surface area contributed by atoms with Crippen molar-refractivity contribution in [2.75, 3.05) is 31.7 Å². The third kappa shape index (κ3) is 3.76. The summed E-state index contributed by atoms with van der Waals surface area (Å²) < 4.78 is 10.3. The van der Waals surface area contributed by atoms with Gasteiger partial charge in [0.15, 0.2) is 0 Å². The molecule has 1 N–H and O–H groups in total. The molecule has 0 atom stereocenters. The Morgan fingerprint density at radius 3 is 2.86 bits per heavy atom. The second-order valence-corrected chi connectivity index (χ2v) is 5.75. The Balaban J connectivity index is 2.14. The molecule has 0 bridgehead atoms. The highest BCUT2D eigenvalue weighted by Crippen LogP contribution is 2.22. The lowest BCUT2D eigenvalue weighted by Crippen LogP contribution is -2.55. The summed E-state index contributed by atoms with van der Waals surface area (Å²) in [6, 6.07) is 6.86. The van der Waals surface area contributed by atoms with E-state index in [4.69, 9.17) is 9.47 Å². The maximum Gasteiger partial charge on any atom is 0.411 e. The smallest absolute Gasteiger partial charge is 0.411 e. The fraction of sp³-hybridized carbons (Fsp3) is 0.500. The number of nitrogens with zero attached hydrogens (tertiary/aromatic N) is 1. The molecular formula is C16H22N2O4. The molecule has 1 aromatic carbocycles. The van der Waals surface area contributed by atoms with E-state index in [2.05, 4.69) is 5.32 Å². The monoisotopic (exact) mass is 306 g/mol. The Hall–Kier alpha value is -2.08. The minimum absolute atomic E-state index is 0.0687. The Kier molecular flexibility index (Phi) is 5.03. The lowest BCUT2D eigenvalue weighted by Gasteiger charge is -2.42. The molecule has 1 aromatic rings. The minimum Gasteiger partial charge on any atom is -0.450 e. The van der Waals surface area contributed by atoms with Crippen molar-refractivity contribution in [3.8, 4) is 0 Å². The van der Waals surface area contributed by atoms with Crippen LogP contribution in [-0.2, 0) is 9.47 Å². The number of morpholine rings is 1. The van der Waals surface area contributed by atoms with Crippen LogP contribution >= 0.6 is 0 Å². The molecule has 0 spiro atoms. The van der Waals surface area contributed by atoms with E-state index in [-0.39, 0.29) is 11.4 Å². The zero-order chi connectivity index (χ0) is 16.2. The van der Waals surface area contributed by atoms with Crippen molar-refractivity contribution in [1.29, 1.82) is 0 Å². The van der Waals surface area contributed by atoms with Crippen molar-refractivity contribution in [2.45, 2.75) is 26.3 Å². The van der Waals surface area contributed by atoms with Gasteiger partial charge in [-0.05, 0) is 39.0 Å². The Labute approximate surface area is 130 Å². The fourth-order valence-corrected chi connectivity index (χ4v) is 2.41. The molecule has 22 heavy (non-hydrogen) atoms. The number of carbonyl (C=O) groups is 2. The summed E-state index contributed by atoms with van der Waals surface area (Å²) in [6.45, 7) is 7.60. The van der Waals surface area contributed by atoms with Crippen LogP contribution in [0, 0.1) is 0 Å². The molecule has 1 aliphatic rings. The van der Waals surface area contributed by atoms with Gasteiger partial charge in [-0.3, -0.25) is 10.1 Å². The van der Waals surface area contributed by atoms with Gasteiger partial charge < -0.3 is 14.4 Å². The van der Waals surface area contributed by atoms with Crippen LogP contribution in [0.5, 0.6) is 0 Å². The van der Waals surface area contributed by atoms with Gasteiger partial charge in [0.2, 0.25) is 0 Å². The van der Waals surface area contributed by atoms with Crippen molar-refractivity contribution in [2.24, 2.45) is 0 Å². The first-order chi connectivity index (χ1) is 10.4. The fourth-order valence-electron chi connectivity index (χ4n) is 2.41. The van der Waals surface area contributed by atoms with E-state index in [1.165, 1.54) is 0 Å². The highest BCUT2D eigenvalue weighted by molar-refractivity contribution is 5.96. The number of hydrogen-bond acceptors (Lipinski definition) is 4. The number of nitrogens with one attached hydrogen (secondary N) is 1. The predicted octanol–water partition coefficient (Wildman–Crippen LogP) is 2.51. The second kappa shape index (κ2) is 6.79. The number of amides is 2. The van der Waals surface area contributed by atoms with E-state index in [0.717, 1.165) is 0 Å². The average Bonchev–Trinajstić information content (AvgIpc) is 2.46. The molecule has 0 unspecified atom stereocenters. The van der Waals surface area contributed by atoms with Crippen molar-refractivity contribution in [1.82, 2.24) is 4.90 Å².